The van der Waals surface area contributed by atoms with Crippen LogP contribution in [-0.2, 0) is 23.7 Å². The highest BCUT2D eigenvalue weighted by molar-refractivity contribution is 5.76. The Labute approximate surface area is 406 Å². The molecule has 0 aliphatic carbocycles. The first kappa shape index (κ1) is 61.8. The number of hydrogen-bond acceptors (Lipinski definition) is 13. The number of aliphatic hydroxyl groups excluding tert-OH is 8. The third kappa shape index (κ3) is 27.2. The second-order valence-corrected chi connectivity index (χ2v) is 19.7. The van der Waals surface area contributed by atoms with Crippen LogP contribution in [-0.4, -0.2) is 140 Å². The molecule has 12 unspecified atom stereocenters. The number of carbonyl (C=O) groups excluding carboxylic acids is 1. The number of allylic oxidation sites excluding steroid dienone is 1. The second-order valence-electron chi connectivity index (χ2n) is 19.7. The molecule has 12 atom stereocenters. The Kier molecular flexibility index (Phi) is 37.2. The smallest absolute Gasteiger partial charge is 0.220 e. The van der Waals surface area contributed by atoms with Gasteiger partial charge in [-0.2, -0.15) is 0 Å². The van der Waals surface area contributed by atoms with E-state index < -0.39 is 86.8 Å². The van der Waals surface area contributed by atoms with E-state index in [-0.39, 0.29) is 18.9 Å². The predicted molar refractivity (Wildman–Crippen MR) is 263 cm³/mol. The summed E-state index contributed by atoms with van der Waals surface area (Å²) in [4.78, 5) is 13.2. The van der Waals surface area contributed by atoms with Gasteiger partial charge in [0.2, 0.25) is 5.91 Å². The van der Waals surface area contributed by atoms with E-state index in [0.717, 1.165) is 38.5 Å². The van der Waals surface area contributed by atoms with Crippen molar-refractivity contribution in [3.05, 3.63) is 12.2 Å². The fourth-order valence-electron chi connectivity index (χ4n) is 9.23. The molecule has 0 bridgehead atoms. The van der Waals surface area contributed by atoms with Gasteiger partial charge >= 0.3 is 0 Å². The van der Waals surface area contributed by atoms with Crippen molar-refractivity contribution in [3.63, 3.8) is 0 Å². The number of nitrogens with one attached hydrogen (secondary N) is 1. The minimum Gasteiger partial charge on any atom is -0.394 e. The minimum absolute atomic E-state index is 0.238. The molecule has 396 valence electrons. The molecular weight excluding hydrogens is 859 g/mol. The number of amides is 1. The predicted octanol–water partition coefficient (Wildman–Crippen LogP) is 7.94. The fourth-order valence-corrected chi connectivity index (χ4v) is 9.23. The van der Waals surface area contributed by atoms with E-state index in [4.69, 9.17) is 18.9 Å². The summed E-state index contributed by atoms with van der Waals surface area (Å²) in [7, 11) is 0. The maximum absolute atomic E-state index is 13.2. The number of unbranched alkanes of at least 4 members (excludes halogenated alkanes) is 30. The van der Waals surface area contributed by atoms with Gasteiger partial charge in [0.25, 0.3) is 0 Å². The van der Waals surface area contributed by atoms with Crippen LogP contribution in [0.1, 0.15) is 226 Å². The van der Waals surface area contributed by atoms with Gasteiger partial charge in [-0.15, -0.1) is 0 Å². The number of rotatable bonds is 43. The molecule has 2 aliphatic heterocycles. The summed E-state index contributed by atoms with van der Waals surface area (Å²) in [5.74, 6) is -0.238. The van der Waals surface area contributed by atoms with Crippen LogP contribution in [0.5, 0.6) is 0 Å². The molecule has 2 heterocycles. The summed E-state index contributed by atoms with van der Waals surface area (Å²) in [6, 6.07) is -0.908. The normalized spacial score (nSPS) is 26.6. The summed E-state index contributed by atoms with van der Waals surface area (Å²) in [5, 5.41) is 86.8. The van der Waals surface area contributed by atoms with Gasteiger partial charge in [0.05, 0.1) is 32.0 Å². The van der Waals surface area contributed by atoms with E-state index in [1.807, 2.05) is 6.08 Å². The van der Waals surface area contributed by atoms with Crippen molar-refractivity contribution < 1.29 is 64.6 Å². The maximum atomic E-state index is 13.2. The Hall–Kier alpha value is -1.27. The highest BCUT2D eigenvalue weighted by Crippen LogP contribution is 2.30. The van der Waals surface area contributed by atoms with E-state index >= 15 is 0 Å². The molecule has 0 spiro atoms. The van der Waals surface area contributed by atoms with Gasteiger partial charge in [-0.25, -0.2) is 0 Å². The van der Waals surface area contributed by atoms with Crippen molar-refractivity contribution in [2.45, 2.75) is 299 Å². The van der Waals surface area contributed by atoms with E-state index in [1.54, 1.807) is 6.08 Å². The lowest BCUT2D eigenvalue weighted by molar-refractivity contribution is -0.359. The number of aliphatic hydroxyl groups is 8. The summed E-state index contributed by atoms with van der Waals surface area (Å²) < 4.78 is 22.7. The molecule has 9 N–H and O–H groups in total. The van der Waals surface area contributed by atoms with Crippen LogP contribution in [0.2, 0.25) is 0 Å². The van der Waals surface area contributed by atoms with Crippen LogP contribution >= 0.6 is 0 Å². The minimum atomic E-state index is -1.78. The summed E-state index contributed by atoms with van der Waals surface area (Å²) >= 11 is 0. The van der Waals surface area contributed by atoms with E-state index in [1.165, 1.54) is 161 Å². The molecule has 67 heavy (non-hydrogen) atoms. The Morgan fingerprint density at radius 3 is 1.37 bits per heavy atom. The van der Waals surface area contributed by atoms with Gasteiger partial charge in [0.15, 0.2) is 12.6 Å². The van der Waals surface area contributed by atoms with Crippen LogP contribution in [0.15, 0.2) is 12.2 Å². The van der Waals surface area contributed by atoms with E-state index in [0.29, 0.717) is 6.42 Å². The fraction of sp³-hybridized carbons (Fsp3) is 0.943. The molecule has 0 aromatic heterocycles. The van der Waals surface area contributed by atoms with Crippen molar-refractivity contribution in [3.8, 4) is 0 Å². The number of ether oxygens (including phenoxy) is 4. The topological polar surface area (TPSA) is 228 Å². The highest BCUT2D eigenvalue weighted by Gasteiger charge is 2.51. The Morgan fingerprint density at radius 1 is 0.522 bits per heavy atom. The Balaban J connectivity index is 1.79. The average Bonchev–Trinajstić information content (AvgIpc) is 3.32. The van der Waals surface area contributed by atoms with Gasteiger partial charge in [-0.1, -0.05) is 212 Å². The lowest BCUT2D eigenvalue weighted by Crippen LogP contribution is -2.65. The zero-order valence-corrected chi connectivity index (χ0v) is 42.2. The summed E-state index contributed by atoms with van der Waals surface area (Å²) in [5.41, 5.74) is 0. The average molecular weight is 960 g/mol. The monoisotopic (exact) mass is 960 g/mol. The third-order valence-corrected chi connectivity index (χ3v) is 13.7. The molecule has 2 fully saturated rings. The third-order valence-electron chi connectivity index (χ3n) is 13.7. The van der Waals surface area contributed by atoms with Crippen molar-refractivity contribution >= 4 is 5.91 Å². The first-order chi connectivity index (χ1) is 32.6. The van der Waals surface area contributed by atoms with Gasteiger partial charge in [0, 0.05) is 6.42 Å². The molecule has 2 aliphatic rings. The number of carbonyl (C=O) groups is 1. The van der Waals surface area contributed by atoms with E-state index in [9.17, 15) is 45.6 Å². The lowest BCUT2D eigenvalue weighted by atomic mass is 9.97. The van der Waals surface area contributed by atoms with Crippen molar-refractivity contribution in [1.82, 2.24) is 5.32 Å². The zero-order valence-electron chi connectivity index (χ0n) is 42.2. The molecule has 2 rings (SSSR count). The first-order valence-electron chi connectivity index (χ1n) is 27.4. The molecule has 0 aromatic rings. The molecule has 1 amide bonds. The lowest BCUT2D eigenvalue weighted by Gasteiger charge is -2.46. The standard InChI is InChI=1S/C53H101NO13/c1-3-5-7-9-11-13-15-17-18-19-20-21-22-23-24-25-26-28-30-32-34-36-42(57)41(54-45(58)37-35-33-31-29-27-16-14-12-10-8-6-4-2)40-64-52-50(63)48(61)51(44(39-56)66-52)67-53-49(62)47(60)46(59)43(38-55)65-53/h34,36,41-44,46-53,55-57,59-63H,3-33,35,37-40H2,1-2H3,(H,54,58)/b36-34+. The van der Waals surface area contributed by atoms with Gasteiger partial charge in [-0.3, -0.25) is 4.79 Å². The van der Waals surface area contributed by atoms with Gasteiger partial charge in [0.1, 0.15) is 48.8 Å². The Morgan fingerprint density at radius 2 is 0.925 bits per heavy atom. The summed E-state index contributed by atoms with van der Waals surface area (Å²) in [6.07, 6.45) is 26.8. The van der Waals surface area contributed by atoms with Gasteiger partial charge < -0.3 is 65.1 Å². The van der Waals surface area contributed by atoms with Crippen molar-refractivity contribution in [2.75, 3.05) is 19.8 Å². The van der Waals surface area contributed by atoms with E-state index in [2.05, 4.69) is 19.2 Å². The molecular formula is C53H101NO13. The molecule has 2 saturated heterocycles. The molecule has 0 saturated carbocycles. The number of hydrogen-bond donors (Lipinski definition) is 9. The van der Waals surface area contributed by atoms with Crippen LogP contribution in [0.4, 0.5) is 0 Å². The van der Waals surface area contributed by atoms with Gasteiger partial charge in [-0.05, 0) is 19.3 Å². The first-order valence-corrected chi connectivity index (χ1v) is 27.4. The molecule has 0 aromatic carbocycles. The SMILES string of the molecule is CCCCCCCCCCCCCCCCCCCCC/C=C/C(O)C(COC1OC(CO)C(OC2OC(CO)C(O)C(O)C2O)C(O)C1O)NC(=O)CCCCCCCCCCCCCC. The largest absolute Gasteiger partial charge is 0.394 e. The quantitative estimate of drug-likeness (QED) is 0.0209. The van der Waals surface area contributed by atoms with Crippen LogP contribution in [0.25, 0.3) is 0 Å². The van der Waals surface area contributed by atoms with Crippen LogP contribution in [0.3, 0.4) is 0 Å². The molecule has 14 heteroatoms. The van der Waals surface area contributed by atoms with Crippen LogP contribution in [0, 0.1) is 0 Å². The van der Waals surface area contributed by atoms with Crippen molar-refractivity contribution in [1.29, 1.82) is 0 Å². The highest BCUT2D eigenvalue weighted by atomic mass is 16.7. The summed E-state index contributed by atoms with van der Waals surface area (Å²) in [6.45, 7) is 2.80. The van der Waals surface area contributed by atoms with Crippen molar-refractivity contribution in [2.24, 2.45) is 0 Å². The zero-order chi connectivity index (χ0) is 48.9. The Bertz CT molecular complexity index is 1180. The van der Waals surface area contributed by atoms with Crippen LogP contribution < -0.4 is 5.32 Å². The molecule has 14 nitrogen and oxygen atoms in total. The molecule has 0 radical (unpaired) electrons. The maximum Gasteiger partial charge on any atom is 0.220 e. The second kappa shape index (κ2) is 40.3.